The Hall–Kier alpha value is -5.28. The lowest BCUT2D eigenvalue weighted by Gasteiger charge is -2.46. The van der Waals surface area contributed by atoms with Gasteiger partial charge in [0.05, 0.1) is 40.1 Å². The minimum Gasteiger partial charge on any atom is -0.496 e. The molecule has 1 saturated carbocycles. The van der Waals surface area contributed by atoms with Crippen molar-refractivity contribution in [2.24, 2.45) is 0 Å². The third-order valence-electron chi connectivity index (χ3n) is 12.5. The van der Waals surface area contributed by atoms with Gasteiger partial charge in [-0.15, -0.1) is 0 Å². The quantitative estimate of drug-likeness (QED) is 0.0908. The Kier molecular flexibility index (Phi) is 13.2. The summed E-state index contributed by atoms with van der Waals surface area (Å²) >= 11 is 0. The molecule has 0 amide bonds. The van der Waals surface area contributed by atoms with Crippen molar-refractivity contribution >= 4 is 0 Å². The van der Waals surface area contributed by atoms with E-state index in [1.54, 1.807) is 7.11 Å². The Labute approximate surface area is 360 Å². The van der Waals surface area contributed by atoms with Crippen LogP contribution in [0.15, 0.2) is 158 Å². The maximum absolute atomic E-state index is 7.27. The van der Waals surface area contributed by atoms with Crippen molar-refractivity contribution in [3.8, 4) is 11.5 Å². The summed E-state index contributed by atoms with van der Waals surface area (Å²) in [6.45, 7) is 1.87. The fourth-order valence-electron chi connectivity index (χ4n) is 9.00. The first-order valence-electron chi connectivity index (χ1n) is 21.8. The zero-order valence-corrected chi connectivity index (χ0v) is 35.0. The molecule has 1 aliphatic carbocycles. The fourth-order valence-corrected chi connectivity index (χ4v) is 9.00. The van der Waals surface area contributed by atoms with E-state index in [1.807, 2.05) is 72.8 Å². The second-order valence-electron chi connectivity index (χ2n) is 16.7. The van der Waals surface area contributed by atoms with Gasteiger partial charge in [0.15, 0.2) is 0 Å². The highest BCUT2D eigenvalue weighted by molar-refractivity contribution is 5.45. The van der Waals surface area contributed by atoms with Crippen LogP contribution in [0.25, 0.3) is 0 Å². The standard InChI is InChI=1S/C54H56O7/c1-55-47-26-24-45(33-46(47)32-43-23-25-48-44(31-43)27-30-54(61-48)28-14-29-54)50-52(58-36-41-19-10-4-11-20-41)53(59-37-42-21-12-5-13-22-42)51(57-35-40-17-8-3-9-18-40)49(60-50)38-56-34-39-15-6-2-7-16-39/h2-13,15-26,31,33,49-53H,14,27-30,32,34-38H2,1H3. The van der Waals surface area contributed by atoms with Crippen molar-refractivity contribution in [3.05, 3.63) is 202 Å². The number of hydrogen-bond donors (Lipinski definition) is 0. The van der Waals surface area contributed by atoms with Crippen molar-refractivity contribution in [2.75, 3.05) is 13.7 Å². The highest BCUT2D eigenvalue weighted by Gasteiger charge is 2.49. The van der Waals surface area contributed by atoms with Crippen LogP contribution in [0.3, 0.4) is 0 Å². The highest BCUT2D eigenvalue weighted by atomic mass is 16.6. The first-order valence-corrected chi connectivity index (χ1v) is 21.8. The van der Waals surface area contributed by atoms with Crippen molar-refractivity contribution in [1.82, 2.24) is 0 Å². The number of aryl methyl sites for hydroxylation is 1. The summed E-state index contributed by atoms with van der Waals surface area (Å²) in [5.74, 6) is 1.86. The van der Waals surface area contributed by atoms with E-state index in [-0.39, 0.29) is 5.60 Å². The van der Waals surface area contributed by atoms with Crippen molar-refractivity contribution in [3.63, 3.8) is 0 Å². The van der Waals surface area contributed by atoms with E-state index < -0.39 is 30.5 Å². The predicted molar refractivity (Wildman–Crippen MR) is 237 cm³/mol. The molecule has 2 aliphatic heterocycles. The fraction of sp³-hybridized carbons (Fsp3) is 0.333. The molecule has 9 rings (SSSR count). The molecule has 0 radical (unpaired) electrons. The summed E-state index contributed by atoms with van der Waals surface area (Å²) in [5, 5.41) is 0. The van der Waals surface area contributed by atoms with E-state index in [9.17, 15) is 0 Å². The summed E-state index contributed by atoms with van der Waals surface area (Å²) in [7, 11) is 1.74. The van der Waals surface area contributed by atoms with Gasteiger partial charge in [0.25, 0.3) is 0 Å². The lowest BCUT2D eigenvalue weighted by molar-refractivity contribution is -0.275. The van der Waals surface area contributed by atoms with Gasteiger partial charge in [0, 0.05) is 6.42 Å². The Morgan fingerprint density at radius 1 is 0.557 bits per heavy atom. The first kappa shape index (κ1) is 41.1. The molecule has 1 spiro atoms. The van der Waals surface area contributed by atoms with Gasteiger partial charge < -0.3 is 33.2 Å². The summed E-state index contributed by atoms with van der Waals surface area (Å²) in [5.41, 5.74) is 8.89. The SMILES string of the molecule is COc1ccc(C2OC(COCc3ccccc3)C(OCc3ccccc3)C(OCc3ccccc3)C2OCc2ccccc2)cc1Cc1ccc2c(c1)CCC1(CCC1)O2. The van der Waals surface area contributed by atoms with Crippen LogP contribution >= 0.6 is 0 Å². The van der Waals surface area contributed by atoms with Crippen LogP contribution in [-0.4, -0.2) is 43.7 Å². The Bertz CT molecular complexity index is 2280. The second-order valence-corrected chi connectivity index (χ2v) is 16.7. The van der Waals surface area contributed by atoms with E-state index >= 15 is 0 Å². The molecular weight excluding hydrogens is 761 g/mol. The Morgan fingerprint density at radius 3 is 1.70 bits per heavy atom. The molecule has 6 aromatic carbocycles. The van der Waals surface area contributed by atoms with Crippen LogP contribution in [-0.2, 0) is 63.0 Å². The van der Waals surface area contributed by atoms with Crippen LogP contribution in [0.1, 0.15) is 76.3 Å². The van der Waals surface area contributed by atoms with E-state index in [4.69, 9.17) is 33.2 Å². The molecule has 6 aromatic rings. The Balaban J connectivity index is 1.06. The molecule has 7 heteroatoms. The molecule has 61 heavy (non-hydrogen) atoms. The predicted octanol–water partition coefficient (Wildman–Crippen LogP) is 10.9. The van der Waals surface area contributed by atoms with Gasteiger partial charge in [0.1, 0.15) is 47.6 Å². The lowest BCUT2D eigenvalue weighted by atomic mass is 9.74. The summed E-state index contributed by atoms with van der Waals surface area (Å²) in [4.78, 5) is 0. The van der Waals surface area contributed by atoms with Crippen LogP contribution in [0.5, 0.6) is 11.5 Å². The number of fused-ring (bicyclic) bond motifs is 1. The van der Waals surface area contributed by atoms with Gasteiger partial charge in [-0.25, -0.2) is 0 Å². The van der Waals surface area contributed by atoms with Gasteiger partial charge in [-0.1, -0.05) is 140 Å². The minimum atomic E-state index is -0.545. The van der Waals surface area contributed by atoms with Crippen molar-refractivity contribution in [2.45, 2.75) is 101 Å². The van der Waals surface area contributed by atoms with Crippen LogP contribution in [0, 0.1) is 0 Å². The number of benzene rings is 6. The van der Waals surface area contributed by atoms with Crippen molar-refractivity contribution < 1.29 is 33.2 Å². The highest BCUT2D eigenvalue weighted by Crippen LogP contribution is 2.45. The van der Waals surface area contributed by atoms with Gasteiger partial charge in [-0.2, -0.15) is 0 Å². The molecule has 1 saturated heterocycles. The largest absolute Gasteiger partial charge is 0.496 e. The molecule has 0 aromatic heterocycles. The van der Waals surface area contributed by atoms with Gasteiger partial charge >= 0.3 is 0 Å². The molecule has 5 unspecified atom stereocenters. The Morgan fingerprint density at radius 2 is 1.13 bits per heavy atom. The first-order chi connectivity index (χ1) is 30.1. The topological polar surface area (TPSA) is 64.6 Å². The van der Waals surface area contributed by atoms with E-state index in [0.29, 0.717) is 39.5 Å². The number of methoxy groups -OCH3 is 1. The van der Waals surface area contributed by atoms with E-state index in [0.717, 1.165) is 70.6 Å². The molecule has 5 atom stereocenters. The molecule has 2 fully saturated rings. The molecule has 0 N–H and O–H groups in total. The molecular formula is C54H56O7. The van der Waals surface area contributed by atoms with Gasteiger partial charge in [-0.05, 0) is 94.8 Å². The van der Waals surface area contributed by atoms with Crippen LogP contribution in [0.4, 0.5) is 0 Å². The average molecular weight is 817 g/mol. The zero-order chi connectivity index (χ0) is 41.3. The smallest absolute Gasteiger partial charge is 0.123 e. The number of hydrogen-bond acceptors (Lipinski definition) is 7. The summed E-state index contributed by atoms with van der Waals surface area (Å²) < 4.78 is 47.3. The molecule has 314 valence electrons. The monoisotopic (exact) mass is 816 g/mol. The van der Waals surface area contributed by atoms with Gasteiger partial charge in [-0.3, -0.25) is 0 Å². The number of ether oxygens (including phenoxy) is 7. The third-order valence-corrected chi connectivity index (χ3v) is 12.5. The minimum absolute atomic E-state index is 0.0594. The maximum Gasteiger partial charge on any atom is 0.123 e. The van der Waals surface area contributed by atoms with Crippen molar-refractivity contribution in [1.29, 1.82) is 0 Å². The maximum atomic E-state index is 7.27. The van der Waals surface area contributed by atoms with E-state index in [2.05, 4.69) is 84.9 Å². The number of rotatable bonds is 17. The van der Waals surface area contributed by atoms with E-state index in [1.165, 1.54) is 17.5 Å². The molecule has 7 nitrogen and oxygen atoms in total. The molecule has 2 heterocycles. The summed E-state index contributed by atoms with van der Waals surface area (Å²) in [6, 6.07) is 54.1. The van der Waals surface area contributed by atoms with Gasteiger partial charge in [0.2, 0.25) is 0 Å². The zero-order valence-electron chi connectivity index (χ0n) is 35.0. The third kappa shape index (κ3) is 10.1. The van der Waals surface area contributed by atoms with Crippen LogP contribution < -0.4 is 9.47 Å². The molecule has 0 bridgehead atoms. The summed E-state index contributed by atoms with van der Waals surface area (Å²) in [6.07, 6.45) is 3.81. The average Bonchev–Trinajstić information content (AvgIpc) is 3.30. The van der Waals surface area contributed by atoms with Crippen LogP contribution in [0.2, 0.25) is 0 Å². The lowest BCUT2D eigenvalue weighted by Crippen LogP contribution is -2.58. The second kappa shape index (κ2) is 19.6. The molecule has 3 aliphatic rings. The normalized spacial score (nSPS) is 21.6.